The fourth-order valence-corrected chi connectivity index (χ4v) is 1.69. The van der Waals surface area contributed by atoms with Crippen molar-refractivity contribution in [2.24, 2.45) is 0 Å². The minimum Gasteiger partial charge on any atom is -0.490 e. The van der Waals surface area contributed by atoms with Crippen LogP contribution in [0.2, 0.25) is 0 Å². The van der Waals surface area contributed by atoms with E-state index in [9.17, 15) is 0 Å². The summed E-state index contributed by atoms with van der Waals surface area (Å²) in [4.78, 5) is 0. The molecule has 0 fully saturated rings. The summed E-state index contributed by atoms with van der Waals surface area (Å²) in [5.41, 5.74) is 0.997. The Labute approximate surface area is 122 Å². The van der Waals surface area contributed by atoms with E-state index < -0.39 is 0 Å². The predicted octanol–water partition coefficient (Wildman–Crippen LogP) is 4.44. The van der Waals surface area contributed by atoms with Crippen molar-refractivity contribution in [3.05, 3.63) is 76.8 Å². The van der Waals surface area contributed by atoms with Gasteiger partial charge in [-0.3, -0.25) is 0 Å². The normalized spacial score (nSPS) is 9.95. The number of allylic oxidation sites excluding steroid dienone is 1. The zero-order valence-electron chi connectivity index (χ0n) is 10.3. The Morgan fingerprint density at radius 3 is 2.47 bits per heavy atom. The van der Waals surface area contributed by atoms with Gasteiger partial charge in [-0.2, -0.15) is 0 Å². The first-order chi connectivity index (χ1) is 9.34. The van der Waals surface area contributed by atoms with E-state index in [1.165, 1.54) is 0 Å². The molecule has 0 spiro atoms. The Bertz CT molecular complexity index is 589. The maximum Gasteiger partial charge on any atom is 0.119 e. The summed E-state index contributed by atoms with van der Waals surface area (Å²) in [6, 6.07) is 17.6. The van der Waals surface area contributed by atoms with Crippen molar-refractivity contribution >= 4 is 15.9 Å². The lowest BCUT2D eigenvalue weighted by Gasteiger charge is -2.00. The fraction of sp³-hybridized carbons (Fsp3) is 0.0588. The second-order valence-electron chi connectivity index (χ2n) is 3.80. The second-order valence-corrected chi connectivity index (χ2v) is 4.72. The molecule has 0 aliphatic rings. The summed E-state index contributed by atoms with van der Waals surface area (Å²) >= 11 is 3.39. The Morgan fingerprint density at radius 2 is 1.74 bits per heavy atom. The molecule has 94 valence electrons. The molecule has 0 amide bonds. The van der Waals surface area contributed by atoms with Gasteiger partial charge in [-0.05, 0) is 48.6 Å². The number of ether oxygens (including phenoxy) is 1. The molecule has 0 saturated heterocycles. The molecular formula is C17H13BrO. The van der Waals surface area contributed by atoms with Crippen LogP contribution in [-0.4, -0.2) is 6.61 Å². The Balaban J connectivity index is 1.80. The van der Waals surface area contributed by atoms with Crippen LogP contribution in [0.5, 0.6) is 5.75 Å². The van der Waals surface area contributed by atoms with Crippen molar-refractivity contribution < 1.29 is 4.74 Å². The van der Waals surface area contributed by atoms with Crippen LogP contribution in [0.1, 0.15) is 5.56 Å². The number of hydrogen-bond acceptors (Lipinski definition) is 1. The number of rotatable bonds is 3. The molecular weight excluding hydrogens is 300 g/mol. The highest BCUT2D eigenvalue weighted by Crippen LogP contribution is 2.09. The third-order valence-electron chi connectivity index (χ3n) is 2.35. The van der Waals surface area contributed by atoms with Gasteiger partial charge in [0.2, 0.25) is 0 Å². The molecule has 2 heteroatoms. The van der Waals surface area contributed by atoms with Crippen molar-refractivity contribution in [2.75, 3.05) is 6.61 Å². The van der Waals surface area contributed by atoms with Crippen LogP contribution in [0.15, 0.2) is 71.2 Å². The quantitative estimate of drug-likeness (QED) is 0.762. The van der Waals surface area contributed by atoms with Crippen molar-refractivity contribution in [1.29, 1.82) is 0 Å². The van der Waals surface area contributed by atoms with Gasteiger partial charge in [-0.1, -0.05) is 46.0 Å². The lowest BCUT2D eigenvalue weighted by Crippen LogP contribution is -1.91. The first-order valence-corrected chi connectivity index (χ1v) is 6.74. The third kappa shape index (κ3) is 5.03. The summed E-state index contributed by atoms with van der Waals surface area (Å²) < 4.78 is 6.57. The first-order valence-electron chi connectivity index (χ1n) is 5.94. The maximum atomic E-state index is 5.51. The van der Waals surface area contributed by atoms with Crippen LogP contribution >= 0.6 is 15.9 Å². The molecule has 19 heavy (non-hydrogen) atoms. The molecule has 0 N–H and O–H groups in total. The lowest BCUT2D eigenvalue weighted by molar-refractivity contribution is 0.363. The van der Waals surface area contributed by atoms with Crippen LogP contribution in [0, 0.1) is 11.8 Å². The molecule has 0 aromatic heterocycles. The smallest absolute Gasteiger partial charge is 0.119 e. The molecule has 2 aromatic rings. The summed E-state index contributed by atoms with van der Waals surface area (Å²) in [7, 11) is 0. The van der Waals surface area contributed by atoms with Gasteiger partial charge >= 0.3 is 0 Å². The fourth-order valence-electron chi connectivity index (χ4n) is 1.43. The molecule has 0 bridgehead atoms. The highest BCUT2D eigenvalue weighted by molar-refractivity contribution is 9.10. The topological polar surface area (TPSA) is 9.23 Å². The zero-order valence-corrected chi connectivity index (χ0v) is 11.9. The SMILES string of the molecule is Brc1ccc(C#C/C=C/COc2ccccc2)cc1. The molecule has 0 atom stereocenters. The van der Waals surface area contributed by atoms with Crippen molar-refractivity contribution in [1.82, 2.24) is 0 Å². The number of para-hydroxylation sites is 1. The molecule has 0 aliphatic heterocycles. The molecule has 0 heterocycles. The van der Waals surface area contributed by atoms with E-state index in [0.717, 1.165) is 15.8 Å². The number of halogens is 1. The Kier molecular flexibility index (Phi) is 5.28. The summed E-state index contributed by atoms with van der Waals surface area (Å²) in [5, 5.41) is 0. The summed E-state index contributed by atoms with van der Waals surface area (Å²) in [5.74, 6) is 6.91. The minimum absolute atomic E-state index is 0.527. The summed E-state index contributed by atoms with van der Waals surface area (Å²) in [6.45, 7) is 0.527. The number of hydrogen-bond donors (Lipinski definition) is 0. The lowest BCUT2D eigenvalue weighted by atomic mass is 10.2. The van der Waals surface area contributed by atoms with Gasteiger partial charge in [0.25, 0.3) is 0 Å². The second kappa shape index (κ2) is 7.45. The predicted molar refractivity (Wildman–Crippen MR) is 82.1 cm³/mol. The van der Waals surface area contributed by atoms with E-state index >= 15 is 0 Å². The zero-order chi connectivity index (χ0) is 13.3. The van der Waals surface area contributed by atoms with Gasteiger partial charge in [-0.25, -0.2) is 0 Å². The summed E-state index contributed by atoms with van der Waals surface area (Å²) in [6.07, 6.45) is 3.71. The molecule has 0 saturated carbocycles. The molecule has 2 aromatic carbocycles. The van der Waals surface area contributed by atoms with Gasteiger partial charge in [0.1, 0.15) is 12.4 Å². The van der Waals surface area contributed by atoms with Crippen molar-refractivity contribution in [2.45, 2.75) is 0 Å². The molecule has 0 radical (unpaired) electrons. The minimum atomic E-state index is 0.527. The maximum absolute atomic E-state index is 5.51. The van der Waals surface area contributed by atoms with E-state index in [-0.39, 0.29) is 0 Å². The molecule has 1 nitrogen and oxygen atoms in total. The van der Waals surface area contributed by atoms with Crippen LogP contribution in [0.3, 0.4) is 0 Å². The first kappa shape index (κ1) is 13.5. The molecule has 2 rings (SSSR count). The largest absolute Gasteiger partial charge is 0.490 e. The van der Waals surface area contributed by atoms with Crippen LogP contribution in [0.4, 0.5) is 0 Å². The highest BCUT2D eigenvalue weighted by Gasteiger charge is 1.87. The van der Waals surface area contributed by atoms with E-state index in [0.29, 0.717) is 6.61 Å². The average Bonchev–Trinajstić information content (AvgIpc) is 2.46. The number of benzene rings is 2. The van der Waals surface area contributed by atoms with Gasteiger partial charge in [0.05, 0.1) is 0 Å². The van der Waals surface area contributed by atoms with E-state index in [1.807, 2.05) is 66.7 Å². The van der Waals surface area contributed by atoms with Crippen LogP contribution < -0.4 is 4.74 Å². The Morgan fingerprint density at radius 1 is 1.00 bits per heavy atom. The Hall–Kier alpha value is -1.98. The van der Waals surface area contributed by atoms with Gasteiger partial charge in [-0.15, -0.1) is 0 Å². The van der Waals surface area contributed by atoms with Gasteiger partial charge in [0.15, 0.2) is 0 Å². The third-order valence-corrected chi connectivity index (χ3v) is 2.88. The average molecular weight is 313 g/mol. The monoisotopic (exact) mass is 312 g/mol. The van der Waals surface area contributed by atoms with Crippen molar-refractivity contribution in [3.8, 4) is 17.6 Å². The standard InChI is InChI=1S/C17H13BrO/c18-16-12-10-15(11-13-16)7-3-2-6-14-19-17-8-4-1-5-9-17/h1-2,4-6,8-13H,14H2/b6-2+. The van der Waals surface area contributed by atoms with E-state index in [2.05, 4.69) is 27.8 Å². The van der Waals surface area contributed by atoms with Crippen LogP contribution in [-0.2, 0) is 0 Å². The molecule has 0 unspecified atom stereocenters. The van der Waals surface area contributed by atoms with Gasteiger partial charge in [0, 0.05) is 10.0 Å². The highest BCUT2D eigenvalue weighted by atomic mass is 79.9. The van der Waals surface area contributed by atoms with Crippen LogP contribution in [0.25, 0.3) is 0 Å². The van der Waals surface area contributed by atoms with Gasteiger partial charge < -0.3 is 4.74 Å². The molecule has 0 aliphatic carbocycles. The van der Waals surface area contributed by atoms with E-state index in [1.54, 1.807) is 0 Å². The van der Waals surface area contributed by atoms with E-state index in [4.69, 9.17) is 4.74 Å². The van der Waals surface area contributed by atoms with Crippen molar-refractivity contribution in [3.63, 3.8) is 0 Å².